The van der Waals surface area contributed by atoms with Crippen LogP contribution < -0.4 is 4.90 Å². The standard InChI is InChI=1S/C19H20FN3O/c20-16-5-3-15(4-6-16)13-22-10-7-19(14-22)8-11-23(18(19)24)17-2-1-9-21-12-17/h1-6,9,12H,7-8,10-11,13-14H2/t19-/m0/s1. The van der Waals surface area contributed by atoms with Gasteiger partial charge < -0.3 is 4.90 Å². The first-order valence-corrected chi connectivity index (χ1v) is 8.35. The van der Waals surface area contributed by atoms with Gasteiger partial charge in [-0.05, 0) is 49.2 Å². The van der Waals surface area contributed by atoms with Crippen molar-refractivity contribution in [3.63, 3.8) is 0 Å². The number of hydrogen-bond acceptors (Lipinski definition) is 3. The highest BCUT2D eigenvalue weighted by Gasteiger charge is 2.50. The van der Waals surface area contributed by atoms with Gasteiger partial charge in [0.15, 0.2) is 0 Å². The van der Waals surface area contributed by atoms with Crippen LogP contribution in [0.15, 0.2) is 48.8 Å². The number of benzene rings is 1. The minimum absolute atomic E-state index is 0.213. The summed E-state index contributed by atoms with van der Waals surface area (Å²) >= 11 is 0. The number of anilines is 1. The lowest BCUT2D eigenvalue weighted by Crippen LogP contribution is -2.36. The summed E-state index contributed by atoms with van der Waals surface area (Å²) in [6.45, 7) is 3.21. The summed E-state index contributed by atoms with van der Waals surface area (Å²) in [5.74, 6) is 0.00633. The average molecular weight is 325 g/mol. The summed E-state index contributed by atoms with van der Waals surface area (Å²) in [5, 5.41) is 0. The van der Waals surface area contributed by atoms with Gasteiger partial charge in [0.2, 0.25) is 5.91 Å². The van der Waals surface area contributed by atoms with Gasteiger partial charge in [0.05, 0.1) is 17.3 Å². The van der Waals surface area contributed by atoms with Crippen LogP contribution in [0.25, 0.3) is 0 Å². The van der Waals surface area contributed by atoms with Crippen LogP contribution in [0.5, 0.6) is 0 Å². The maximum absolute atomic E-state index is 13.0. The Bertz CT molecular complexity index is 734. The van der Waals surface area contributed by atoms with Gasteiger partial charge >= 0.3 is 0 Å². The molecule has 2 aliphatic rings. The molecule has 0 unspecified atom stereocenters. The molecule has 0 aliphatic carbocycles. The molecule has 1 aromatic heterocycles. The zero-order valence-electron chi connectivity index (χ0n) is 13.5. The maximum atomic E-state index is 13.0. The van der Waals surface area contributed by atoms with Crippen LogP contribution in [-0.4, -0.2) is 35.4 Å². The van der Waals surface area contributed by atoms with Crippen molar-refractivity contribution in [3.8, 4) is 0 Å². The summed E-state index contributed by atoms with van der Waals surface area (Å²) < 4.78 is 13.0. The topological polar surface area (TPSA) is 36.4 Å². The van der Waals surface area contributed by atoms with Crippen molar-refractivity contribution in [1.82, 2.24) is 9.88 Å². The Morgan fingerprint density at radius 3 is 2.67 bits per heavy atom. The third-order valence-corrected chi connectivity index (χ3v) is 5.22. The van der Waals surface area contributed by atoms with Crippen molar-refractivity contribution < 1.29 is 9.18 Å². The van der Waals surface area contributed by atoms with E-state index in [1.807, 2.05) is 29.2 Å². The zero-order chi connectivity index (χ0) is 16.6. The molecule has 1 spiro atoms. The number of amides is 1. The van der Waals surface area contributed by atoms with Crippen molar-refractivity contribution >= 4 is 11.6 Å². The van der Waals surface area contributed by atoms with Crippen molar-refractivity contribution in [2.24, 2.45) is 5.41 Å². The second kappa shape index (κ2) is 5.98. The normalized spacial score (nSPS) is 24.2. The van der Waals surface area contributed by atoms with E-state index in [0.717, 1.165) is 50.3 Å². The lowest BCUT2D eigenvalue weighted by molar-refractivity contribution is -0.125. The fourth-order valence-corrected chi connectivity index (χ4v) is 3.90. The van der Waals surface area contributed by atoms with Gasteiger partial charge in [-0.3, -0.25) is 14.7 Å². The number of rotatable bonds is 3. The molecule has 1 atom stereocenters. The monoisotopic (exact) mass is 325 g/mol. The SMILES string of the molecule is O=C1N(c2cccnc2)CC[C@]12CCN(Cc1ccc(F)cc1)C2. The molecule has 5 heteroatoms. The number of carbonyl (C=O) groups excluding carboxylic acids is 1. The van der Waals surface area contributed by atoms with E-state index in [4.69, 9.17) is 0 Å². The summed E-state index contributed by atoms with van der Waals surface area (Å²) in [5.41, 5.74) is 1.70. The van der Waals surface area contributed by atoms with E-state index in [-0.39, 0.29) is 17.1 Å². The van der Waals surface area contributed by atoms with Gasteiger partial charge in [-0.25, -0.2) is 4.39 Å². The molecule has 0 bridgehead atoms. The fourth-order valence-electron chi connectivity index (χ4n) is 3.90. The Morgan fingerprint density at radius 2 is 1.92 bits per heavy atom. The van der Waals surface area contributed by atoms with E-state index in [1.54, 1.807) is 12.4 Å². The van der Waals surface area contributed by atoms with Crippen LogP contribution in [-0.2, 0) is 11.3 Å². The number of pyridine rings is 1. The molecule has 2 aliphatic heterocycles. The second-order valence-corrected chi connectivity index (χ2v) is 6.79. The van der Waals surface area contributed by atoms with Gasteiger partial charge in [0, 0.05) is 25.8 Å². The molecular formula is C19H20FN3O. The first-order chi connectivity index (χ1) is 11.7. The van der Waals surface area contributed by atoms with Gasteiger partial charge in [-0.15, -0.1) is 0 Å². The van der Waals surface area contributed by atoms with Crippen LogP contribution >= 0.6 is 0 Å². The van der Waals surface area contributed by atoms with E-state index in [1.165, 1.54) is 12.1 Å². The highest BCUT2D eigenvalue weighted by molar-refractivity contribution is 6.00. The first kappa shape index (κ1) is 15.3. The van der Waals surface area contributed by atoms with Crippen molar-refractivity contribution in [1.29, 1.82) is 0 Å². The second-order valence-electron chi connectivity index (χ2n) is 6.79. The third kappa shape index (κ3) is 2.69. The smallest absolute Gasteiger partial charge is 0.234 e. The molecule has 1 aromatic carbocycles. The molecule has 0 saturated carbocycles. The highest BCUT2D eigenvalue weighted by Crippen LogP contribution is 2.42. The van der Waals surface area contributed by atoms with Gasteiger partial charge in [-0.2, -0.15) is 0 Å². The molecule has 124 valence electrons. The number of likely N-dealkylation sites (tertiary alicyclic amines) is 1. The van der Waals surface area contributed by atoms with Crippen LogP contribution in [0, 0.1) is 11.2 Å². The van der Waals surface area contributed by atoms with E-state index in [9.17, 15) is 9.18 Å². The molecule has 4 rings (SSSR count). The van der Waals surface area contributed by atoms with Crippen LogP contribution in [0.3, 0.4) is 0 Å². The fraction of sp³-hybridized carbons (Fsp3) is 0.368. The molecule has 0 radical (unpaired) electrons. The van der Waals surface area contributed by atoms with E-state index in [2.05, 4.69) is 9.88 Å². The van der Waals surface area contributed by atoms with Crippen molar-refractivity contribution in [2.75, 3.05) is 24.5 Å². The largest absolute Gasteiger partial charge is 0.310 e. The Balaban J connectivity index is 1.46. The summed E-state index contributed by atoms with van der Waals surface area (Å²) in [6, 6.07) is 10.4. The third-order valence-electron chi connectivity index (χ3n) is 5.22. The predicted molar refractivity (Wildman–Crippen MR) is 89.9 cm³/mol. The number of carbonyl (C=O) groups is 1. The number of aromatic nitrogens is 1. The Morgan fingerprint density at radius 1 is 1.12 bits per heavy atom. The molecule has 2 aromatic rings. The number of hydrogen-bond donors (Lipinski definition) is 0. The maximum Gasteiger partial charge on any atom is 0.234 e. The molecule has 4 nitrogen and oxygen atoms in total. The Kier molecular flexibility index (Phi) is 3.81. The molecule has 1 amide bonds. The van der Waals surface area contributed by atoms with Gasteiger partial charge in [0.1, 0.15) is 5.82 Å². The van der Waals surface area contributed by atoms with E-state index < -0.39 is 0 Å². The van der Waals surface area contributed by atoms with E-state index in [0.29, 0.717) is 0 Å². The highest BCUT2D eigenvalue weighted by atomic mass is 19.1. The predicted octanol–water partition coefficient (Wildman–Crippen LogP) is 2.85. The summed E-state index contributed by atoms with van der Waals surface area (Å²) in [6.07, 6.45) is 5.26. The molecule has 3 heterocycles. The van der Waals surface area contributed by atoms with Crippen LogP contribution in [0.1, 0.15) is 18.4 Å². The Labute approximate surface area is 140 Å². The molecule has 2 saturated heterocycles. The van der Waals surface area contributed by atoms with Gasteiger partial charge in [0.25, 0.3) is 0 Å². The van der Waals surface area contributed by atoms with Crippen molar-refractivity contribution in [2.45, 2.75) is 19.4 Å². The Hall–Kier alpha value is -2.27. The molecule has 2 fully saturated rings. The van der Waals surface area contributed by atoms with Crippen molar-refractivity contribution in [3.05, 3.63) is 60.2 Å². The average Bonchev–Trinajstić information content (AvgIpc) is 3.16. The lowest BCUT2D eigenvalue weighted by atomic mass is 9.85. The van der Waals surface area contributed by atoms with Gasteiger partial charge in [-0.1, -0.05) is 12.1 Å². The first-order valence-electron chi connectivity index (χ1n) is 8.35. The van der Waals surface area contributed by atoms with E-state index >= 15 is 0 Å². The molecule has 0 N–H and O–H groups in total. The summed E-state index contributed by atoms with van der Waals surface area (Å²) in [7, 11) is 0. The zero-order valence-corrected chi connectivity index (χ0v) is 13.5. The number of halogens is 1. The van der Waals surface area contributed by atoms with Crippen LogP contribution in [0.2, 0.25) is 0 Å². The lowest BCUT2D eigenvalue weighted by Gasteiger charge is -2.23. The quantitative estimate of drug-likeness (QED) is 0.871. The minimum Gasteiger partial charge on any atom is -0.310 e. The number of nitrogens with zero attached hydrogens (tertiary/aromatic N) is 3. The minimum atomic E-state index is -0.268. The molecular weight excluding hydrogens is 305 g/mol. The van der Waals surface area contributed by atoms with Crippen LogP contribution in [0.4, 0.5) is 10.1 Å². The summed E-state index contributed by atoms with van der Waals surface area (Å²) in [4.78, 5) is 21.3. The molecule has 24 heavy (non-hydrogen) atoms.